The van der Waals surface area contributed by atoms with Crippen molar-refractivity contribution in [3.63, 3.8) is 0 Å². The van der Waals surface area contributed by atoms with Crippen LogP contribution >= 0.6 is 0 Å². The Morgan fingerprint density at radius 1 is 0.846 bits per heavy atom. The first-order valence-electron chi connectivity index (χ1n) is 8.40. The van der Waals surface area contributed by atoms with Gasteiger partial charge in [0, 0.05) is 24.2 Å². The van der Waals surface area contributed by atoms with Gasteiger partial charge in [0.15, 0.2) is 0 Å². The number of rotatable bonds is 3. The lowest BCUT2D eigenvalue weighted by Crippen LogP contribution is -2.59. The number of piperazine rings is 1. The molecule has 1 fully saturated rings. The molecule has 0 spiro atoms. The summed E-state index contributed by atoms with van der Waals surface area (Å²) in [6, 6.07) is 16.8. The van der Waals surface area contributed by atoms with Gasteiger partial charge < -0.3 is 14.5 Å². The van der Waals surface area contributed by atoms with Crippen molar-refractivity contribution in [3.8, 4) is 0 Å². The van der Waals surface area contributed by atoms with Gasteiger partial charge in [0.1, 0.15) is 6.04 Å². The van der Waals surface area contributed by atoms with Gasteiger partial charge in [-0.2, -0.15) is 0 Å². The van der Waals surface area contributed by atoms with Gasteiger partial charge in [-0.1, -0.05) is 36.4 Å². The van der Waals surface area contributed by atoms with Crippen LogP contribution in [0.15, 0.2) is 60.7 Å². The molecule has 2 aromatic rings. The van der Waals surface area contributed by atoms with Gasteiger partial charge >= 0.3 is 5.97 Å². The highest BCUT2D eigenvalue weighted by Crippen LogP contribution is 2.17. The van der Waals surface area contributed by atoms with Gasteiger partial charge in [-0.15, -0.1) is 0 Å². The first-order chi connectivity index (χ1) is 12.6. The zero-order valence-electron chi connectivity index (χ0n) is 14.5. The van der Waals surface area contributed by atoms with E-state index in [1.165, 1.54) is 12.0 Å². The monoisotopic (exact) mass is 352 g/mol. The van der Waals surface area contributed by atoms with E-state index in [9.17, 15) is 14.4 Å². The fourth-order valence-corrected chi connectivity index (χ4v) is 3.06. The minimum atomic E-state index is -0.825. The van der Waals surface area contributed by atoms with Crippen molar-refractivity contribution in [3.05, 3.63) is 71.8 Å². The molecule has 6 heteroatoms. The van der Waals surface area contributed by atoms with E-state index < -0.39 is 12.0 Å². The van der Waals surface area contributed by atoms with E-state index in [0.717, 1.165) is 0 Å². The van der Waals surface area contributed by atoms with Crippen molar-refractivity contribution in [1.82, 2.24) is 9.80 Å². The molecule has 1 unspecified atom stereocenters. The highest BCUT2D eigenvalue weighted by Gasteiger charge is 2.38. The molecule has 1 saturated heterocycles. The Labute approximate surface area is 152 Å². The average Bonchev–Trinajstić information content (AvgIpc) is 2.73. The maximum atomic E-state index is 12.8. The SMILES string of the molecule is COC(=O)C1CN(C(=O)c2ccccc2)CCN1C(=O)c1ccccc1. The zero-order chi connectivity index (χ0) is 18.5. The van der Waals surface area contributed by atoms with Crippen LogP contribution in [0.25, 0.3) is 0 Å². The Bertz CT molecular complexity index is 792. The van der Waals surface area contributed by atoms with Crippen LogP contribution in [0.4, 0.5) is 0 Å². The van der Waals surface area contributed by atoms with E-state index in [2.05, 4.69) is 0 Å². The number of carbonyl (C=O) groups is 3. The van der Waals surface area contributed by atoms with Crippen LogP contribution in [0.2, 0.25) is 0 Å². The van der Waals surface area contributed by atoms with E-state index in [0.29, 0.717) is 17.7 Å². The average molecular weight is 352 g/mol. The number of methoxy groups -OCH3 is 1. The molecule has 3 rings (SSSR count). The molecule has 2 amide bonds. The fraction of sp³-hybridized carbons (Fsp3) is 0.250. The summed E-state index contributed by atoms with van der Waals surface area (Å²) >= 11 is 0. The molecule has 0 bridgehead atoms. The first kappa shape index (κ1) is 17.7. The molecule has 0 aromatic heterocycles. The molecule has 0 saturated carbocycles. The number of carbonyl (C=O) groups excluding carboxylic acids is 3. The third kappa shape index (κ3) is 3.59. The Hall–Kier alpha value is -3.15. The van der Waals surface area contributed by atoms with Crippen molar-refractivity contribution >= 4 is 17.8 Å². The number of benzene rings is 2. The normalized spacial score (nSPS) is 16.9. The topological polar surface area (TPSA) is 66.9 Å². The first-order valence-corrected chi connectivity index (χ1v) is 8.40. The molecule has 6 nitrogen and oxygen atoms in total. The lowest BCUT2D eigenvalue weighted by molar-refractivity contribution is -0.147. The number of nitrogens with zero attached hydrogens (tertiary/aromatic N) is 2. The molecule has 2 aromatic carbocycles. The summed E-state index contributed by atoms with van der Waals surface area (Å²) in [7, 11) is 1.28. The van der Waals surface area contributed by atoms with Crippen LogP contribution in [-0.2, 0) is 9.53 Å². The number of esters is 1. The largest absolute Gasteiger partial charge is 0.467 e. The minimum absolute atomic E-state index is 0.110. The second-order valence-corrected chi connectivity index (χ2v) is 6.02. The number of amides is 2. The molecule has 1 aliphatic heterocycles. The Morgan fingerprint density at radius 3 is 1.92 bits per heavy atom. The van der Waals surface area contributed by atoms with Crippen LogP contribution in [0, 0.1) is 0 Å². The third-order valence-corrected chi connectivity index (χ3v) is 4.44. The van der Waals surface area contributed by atoms with Crippen molar-refractivity contribution in [2.24, 2.45) is 0 Å². The fourth-order valence-electron chi connectivity index (χ4n) is 3.06. The Kier molecular flexibility index (Phi) is 5.31. The summed E-state index contributed by atoms with van der Waals surface area (Å²) in [5.74, 6) is -0.932. The van der Waals surface area contributed by atoms with Crippen LogP contribution < -0.4 is 0 Å². The standard InChI is InChI=1S/C20H20N2O4/c1-26-20(25)17-14-21(18(23)15-8-4-2-5-9-15)12-13-22(17)19(24)16-10-6-3-7-11-16/h2-11,17H,12-14H2,1H3. The van der Waals surface area contributed by atoms with Crippen LogP contribution in [0.1, 0.15) is 20.7 Å². The van der Waals surface area contributed by atoms with Crippen LogP contribution in [0.3, 0.4) is 0 Å². The summed E-state index contributed by atoms with van der Waals surface area (Å²) in [6.07, 6.45) is 0. The van der Waals surface area contributed by atoms with Gasteiger partial charge in [-0.05, 0) is 24.3 Å². The third-order valence-electron chi connectivity index (χ3n) is 4.44. The van der Waals surface area contributed by atoms with Crippen LogP contribution in [-0.4, -0.2) is 60.4 Å². The maximum absolute atomic E-state index is 12.8. The Balaban J connectivity index is 1.81. The minimum Gasteiger partial charge on any atom is -0.467 e. The van der Waals surface area contributed by atoms with Crippen molar-refractivity contribution in [1.29, 1.82) is 0 Å². The van der Waals surface area contributed by atoms with E-state index in [1.54, 1.807) is 53.4 Å². The van der Waals surface area contributed by atoms with Gasteiger partial charge in [-0.3, -0.25) is 9.59 Å². The molecule has 0 radical (unpaired) electrons. The molecular weight excluding hydrogens is 332 g/mol. The Morgan fingerprint density at radius 2 is 1.38 bits per heavy atom. The molecule has 1 atom stereocenters. The van der Waals surface area contributed by atoms with Crippen molar-refractivity contribution in [2.45, 2.75) is 6.04 Å². The molecule has 134 valence electrons. The second kappa shape index (κ2) is 7.82. The highest BCUT2D eigenvalue weighted by atomic mass is 16.5. The highest BCUT2D eigenvalue weighted by molar-refractivity contribution is 5.98. The second-order valence-electron chi connectivity index (χ2n) is 6.02. The summed E-state index contributed by atoms with van der Waals surface area (Å²) in [4.78, 5) is 40.8. The maximum Gasteiger partial charge on any atom is 0.330 e. The quantitative estimate of drug-likeness (QED) is 0.791. The van der Waals surface area contributed by atoms with Crippen molar-refractivity contribution in [2.75, 3.05) is 26.7 Å². The summed E-state index contributed by atoms with van der Waals surface area (Å²) in [5.41, 5.74) is 1.06. The van der Waals surface area contributed by atoms with Gasteiger partial charge in [0.25, 0.3) is 11.8 Å². The number of ether oxygens (including phenoxy) is 1. The van der Waals surface area contributed by atoms with E-state index >= 15 is 0 Å². The van der Waals surface area contributed by atoms with Gasteiger partial charge in [-0.25, -0.2) is 4.79 Å². The molecule has 0 aliphatic carbocycles. The van der Waals surface area contributed by atoms with Gasteiger partial charge in [0.05, 0.1) is 13.7 Å². The van der Waals surface area contributed by atoms with E-state index in [4.69, 9.17) is 4.74 Å². The smallest absolute Gasteiger partial charge is 0.330 e. The van der Waals surface area contributed by atoms with Crippen LogP contribution in [0.5, 0.6) is 0 Å². The predicted octanol–water partition coefficient (Wildman–Crippen LogP) is 1.83. The summed E-state index contributed by atoms with van der Waals surface area (Å²) in [5, 5.41) is 0. The van der Waals surface area contributed by atoms with E-state index in [-0.39, 0.29) is 24.9 Å². The lowest BCUT2D eigenvalue weighted by atomic mass is 10.1. The number of hydrogen-bond acceptors (Lipinski definition) is 4. The molecule has 26 heavy (non-hydrogen) atoms. The van der Waals surface area contributed by atoms with E-state index in [1.807, 2.05) is 12.1 Å². The predicted molar refractivity (Wildman–Crippen MR) is 95.6 cm³/mol. The molecule has 0 N–H and O–H groups in total. The molecular formula is C20H20N2O4. The van der Waals surface area contributed by atoms with Gasteiger partial charge in [0.2, 0.25) is 0 Å². The number of hydrogen-bond donors (Lipinski definition) is 0. The summed E-state index contributed by atoms with van der Waals surface area (Å²) in [6.45, 7) is 0.741. The lowest BCUT2D eigenvalue weighted by Gasteiger charge is -2.39. The van der Waals surface area contributed by atoms with Crippen molar-refractivity contribution < 1.29 is 19.1 Å². The zero-order valence-corrected chi connectivity index (χ0v) is 14.5. The molecule has 1 aliphatic rings. The molecule has 1 heterocycles. The summed E-state index contributed by atoms with van der Waals surface area (Å²) < 4.78 is 4.87.